The average molecular weight is 374 g/mol. The predicted molar refractivity (Wildman–Crippen MR) is 96.1 cm³/mol. The van der Waals surface area contributed by atoms with Crippen LogP contribution in [0, 0.1) is 6.92 Å². The van der Waals surface area contributed by atoms with Crippen LogP contribution in [0.25, 0.3) is 0 Å². The third-order valence-electron chi connectivity index (χ3n) is 5.29. The van der Waals surface area contributed by atoms with Crippen molar-refractivity contribution in [2.24, 2.45) is 7.05 Å². The number of amides is 1. The molecule has 2 aromatic rings. The Morgan fingerprint density at radius 3 is 2.63 bits per heavy atom. The Kier molecular flexibility index (Phi) is 4.73. The molecule has 1 amide bonds. The van der Waals surface area contributed by atoms with E-state index in [0.717, 1.165) is 30.8 Å². The molecule has 2 aliphatic rings. The molecule has 9 heteroatoms. The Bertz CT molecular complexity index is 836. The average Bonchev–Trinajstić information content (AvgIpc) is 3.18. The molecule has 9 nitrogen and oxygen atoms in total. The van der Waals surface area contributed by atoms with Gasteiger partial charge in [-0.15, -0.1) is 0 Å². The molecule has 2 aliphatic heterocycles. The fraction of sp³-hybridized carbons (Fsp3) is 0.667. The summed E-state index contributed by atoms with van der Waals surface area (Å²) in [5.41, 5.74) is 2.64. The van der Waals surface area contributed by atoms with E-state index in [1.165, 1.54) is 0 Å². The number of fused-ring (bicyclic) bond motifs is 1. The molecular weight excluding hydrogens is 348 g/mol. The molecule has 2 atom stereocenters. The quantitative estimate of drug-likeness (QED) is 0.794. The van der Waals surface area contributed by atoms with Crippen LogP contribution in [0.2, 0.25) is 0 Å². The minimum atomic E-state index is -0.0771. The number of carbonyl (C=O) groups excluding carboxylic acids is 1. The molecule has 4 heterocycles. The fourth-order valence-electron chi connectivity index (χ4n) is 4.00. The van der Waals surface area contributed by atoms with Gasteiger partial charge in [0, 0.05) is 52.1 Å². The smallest absolute Gasteiger partial charge is 0.272 e. The van der Waals surface area contributed by atoms with Gasteiger partial charge in [0.2, 0.25) is 5.89 Å². The summed E-state index contributed by atoms with van der Waals surface area (Å²) in [7, 11) is 1.85. The molecule has 0 aromatic carbocycles. The van der Waals surface area contributed by atoms with Crippen molar-refractivity contribution in [2.45, 2.75) is 45.9 Å². The summed E-state index contributed by atoms with van der Waals surface area (Å²) in [4.78, 5) is 21.6. The summed E-state index contributed by atoms with van der Waals surface area (Å²) >= 11 is 0. The Labute approximate surface area is 158 Å². The molecule has 4 rings (SSSR count). The minimum absolute atomic E-state index is 0.0580. The molecular formula is C18H26N6O3. The van der Waals surface area contributed by atoms with Crippen molar-refractivity contribution >= 4 is 5.91 Å². The van der Waals surface area contributed by atoms with Crippen LogP contribution in [0.15, 0.2) is 4.52 Å². The van der Waals surface area contributed by atoms with E-state index in [4.69, 9.17) is 9.26 Å². The van der Waals surface area contributed by atoms with Crippen molar-refractivity contribution < 1.29 is 14.1 Å². The number of hydrogen-bond acceptors (Lipinski definition) is 7. The summed E-state index contributed by atoms with van der Waals surface area (Å²) in [5, 5.41) is 8.51. The molecule has 0 radical (unpaired) electrons. The number of rotatable bonds is 3. The van der Waals surface area contributed by atoms with E-state index < -0.39 is 0 Å². The van der Waals surface area contributed by atoms with Gasteiger partial charge in [-0.2, -0.15) is 10.1 Å². The molecule has 0 unspecified atom stereocenters. The molecule has 146 valence electrons. The third kappa shape index (κ3) is 3.49. The SMILES string of the molecule is Cc1nc(CN2CCN(C(=O)c3c4c(nn3C)[C@H](C)O[C@H](C)C4)CC2)no1. The van der Waals surface area contributed by atoms with E-state index in [-0.39, 0.29) is 18.1 Å². The van der Waals surface area contributed by atoms with Gasteiger partial charge in [-0.3, -0.25) is 14.4 Å². The predicted octanol–water partition coefficient (Wildman–Crippen LogP) is 1.09. The summed E-state index contributed by atoms with van der Waals surface area (Å²) in [6.07, 6.45) is 0.747. The lowest BCUT2D eigenvalue weighted by molar-refractivity contribution is -0.00716. The first-order valence-corrected chi connectivity index (χ1v) is 9.44. The molecule has 0 aliphatic carbocycles. The lowest BCUT2D eigenvalue weighted by Gasteiger charge is -2.34. The van der Waals surface area contributed by atoms with Crippen LogP contribution in [0.4, 0.5) is 0 Å². The van der Waals surface area contributed by atoms with Gasteiger partial charge < -0.3 is 14.2 Å². The van der Waals surface area contributed by atoms with E-state index in [0.29, 0.717) is 37.0 Å². The largest absolute Gasteiger partial charge is 0.369 e. The third-order valence-corrected chi connectivity index (χ3v) is 5.29. The van der Waals surface area contributed by atoms with Crippen molar-refractivity contribution in [2.75, 3.05) is 26.2 Å². The highest BCUT2D eigenvalue weighted by atomic mass is 16.5. The van der Waals surface area contributed by atoms with Crippen molar-refractivity contribution in [1.82, 2.24) is 29.7 Å². The summed E-state index contributed by atoms with van der Waals surface area (Å²) in [6.45, 7) is 9.40. The van der Waals surface area contributed by atoms with Crippen molar-refractivity contribution in [3.05, 3.63) is 28.7 Å². The maximum atomic E-state index is 13.2. The van der Waals surface area contributed by atoms with Crippen molar-refractivity contribution in [3.8, 4) is 0 Å². The first kappa shape index (κ1) is 18.1. The monoisotopic (exact) mass is 374 g/mol. The topological polar surface area (TPSA) is 89.5 Å². The molecule has 1 saturated heterocycles. The zero-order valence-corrected chi connectivity index (χ0v) is 16.3. The Morgan fingerprint density at radius 2 is 1.96 bits per heavy atom. The van der Waals surface area contributed by atoms with Crippen LogP contribution in [0.3, 0.4) is 0 Å². The number of aryl methyl sites for hydroxylation is 2. The zero-order valence-electron chi connectivity index (χ0n) is 16.3. The molecule has 0 saturated carbocycles. The zero-order chi connectivity index (χ0) is 19.1. The minimum Gasteiger partial charge on any atom is -0.369 e. The number of ether oxygens (including phenoxy) is 1. The fourth-order valence-corrected chi connectivity index (χ4v) is 4.00. The van der Waals surface area contributed by atoms with Gasteiger partial charge in [0.25, 0.3) is 5.91 Å². The van der Waals surface area contributed by atoms with Crippen LogP contribution in [0.5, 0.6) is 0 Å². The first-order valence-electron chi connectivity index (χ1n) is 9.44. The van der Waals surface area contributed by atoms with Crippen molar-refractivity contribution in [1.29, 1.82) is 0 Å². The van der Waals surface area contributed by atoms with E-state index in [1.54, 1.807) is 11.6 Å². The number of hydrogen-bond donors (Lipinski definition) is 0. The molecule has 27 heavy (non-hydrogen) atoms. The summed E-state index contributed by atoms with van der Waals surface area (Å²) in [5.74, 6) is 1.32. The molecule has 0 spiro atoms. The standard InChI is InChI=1S/C18H26N6O3/c1-11-9-14-16(12(2)26-11)20-22(4)17(14)18(25)24-7-5-23(6-8-24)10-15-19-13(3)27-21-15/h11-12H,5-10H2,1-4H3/t11-,12+/m1/s1. The van der Waals surface area contributed by atoms with Gasteiger partial charge in [-0.25, -0.2) is 0 Å². The maximum Gasteiger partial charge on any atom is 0.272 e. The van der Waals surface area contributed by atoms with Crippen LogP contribution in [0.1, 0.15) is 53.4 Å². The second-order valence-corrected chi connectivity index (χ2v) is 7.43. The maximum absolute atomic E-state index is 13.2. The van der Waals surface area contributed by atoms with Gasteiger partial charge in [0.15, 0.2) is 5.82 Å². The van der Waals surface area contributed by atoms with Crippen LogP contribution in [-0.4, -0.2) is 67.9 Å². The lowest BCUT2D eigenvalue weighted by atomic mass is 9.99. The van der Waals surface area contributed by atoms with E-state index in [2.05, 4.69) is 20.1 Å². The lowest BCUT2D eigenvalue weighted by Crippen LogP contribution is -2.49. The van der Waals surface area contributed by atoms with Gasteiger partial charge >= 0.3 is 0 Å². The highest BCUT2D eigenvalue weighted by molar-refractivity contribution is 5.94. The van der Waals surface area contributed by atoms with E-state index in [9.17, 15) is 4.79 Å². The van der Waals surface area contributed by atoms with Gasteiger partial charge in [0.1, 0.15) is 5.69 Å². The normalized spacial score (nSPS) is 23.5. The number of piperazine rings is 1. The van der Waals surface area contributed by atoms with Crippen LogP contribution >= 0.6 is 0 Å². The Hall–Kier alpha value is -2.26. The summed E-state index contributed by atoms with van der Waals surface area (Å²) < 4.78 is 12.6. The Morgan fingerprint density at radius 1 is 1.22 bits per heavy atom. The number of carbonyl (C=O) groups is 1. The van der Waals surface area contributed by atoms with Gasteiger partial charge in [-0.1, -0.05) is 5.16 Å². The van der Waals surface area contributed by atoms with Crippen molar-refractivity contribution in [3.63, 3.8) is 0 Å². The first-order chi connectivity index (χ1) is 12.9. The second-order valence-electron chi connectivity index (χ2n) is 7.43. The Balaban J connectivity index is 1.44. The molecule has 0 bridgehead atoms. The van der Waals surface area contributed by atoms with Gasteiger partial charge in [-0.05, 0) is 13.8 Å². The van der Waals surface area contributed by atoms with Crippen LogP contribution < -0.4 is 0 Å². The number of aromatic nitrogens is 4. The summed E-state index contributed by atoms with van der Waals surface area (Å²) in [6, 6.07) is 0. The molecule has 2 aromatic heterocycles. The van der Waals surface area contributed by atoms with Gasteiger partial charge in [0.05, 0.1) is 24.4 Å². The highest BCUT2D eigenvalue weighted by Gasteiger charge is 2.33. The second kappa shape index (κ2) is 7.05. The highest BCUT2D eigenvalue weighted by Crippen LogP contribution is 2.31. The molecule has 0 N–H and O–H groups in total. The van der Waals surface area contributed by atoms with Crippen LogP contribution in [-0.2, 0) is 24.8 Å². The molecule has 1 fully saturated rings. The number of nitrogens with zero attached hydrogens (tertiary/aromatic N) is 6. The van der Waals surface area contributed by atoms with E-state index in [1.807, 2.05) is 25.8 Å². The van der Waals surface area contributed by atoms with E-state index >= 15 is 0 Å².